The monoisotopic (exact) mass is 566 g/mol. The van der Waals surface area contributed by atoms with Crippen molar-refractivity contribution < 1.29 is 31.2 Å². The Hall–Kier alpha value is -1.60. The minimum atomic E-state index is -1.20. The van der Waals surface area contributed by atoms with Gasteiger partial charge in [0.05, 0.1) is 43.6 Å². The molecule has 0 radical (unpaired) electrons. The van der Waals surface area contributed by atoms with E-state index in [2.05, 4.69) is 19.1 Å². The molecule has 0 unspecified atom stereocenters. The van der Waals surface area contributed by atoms with Crippen molar-refractivity contribution in [1.82, 2.24) is 4.98 Å². The van der Waals surface area contributed by atoms with Crippen molar-refractivity contribution >= 4 is 23.2 Å². The molecule has 5 nitrogen and oxygen atoms in total. The molecule has 202 valence electrons. The summed E-state index contributed by atoms with van der Waals surface area (Å²) in [4.78, 5) is 4.60. The first-order valence-electron chi connectivity index (χ1n) is 12.8. The molecule has 1 heterocycles. The van der Waals surface area contributed by atoms with Gasteiger partial charge in [-0.1, -0.05) is 78.9 Å². The Labute approximate surface area is 236 Å². The Bertz CT molecular complexity index is 1120. The van der Waals surface area contributed by atoms with E-state index in [1.165, 1.54) is 6.42 Å². The zero-order valence-electron chi connectivity index (χ0n) is 21.6. The van der Waals surface area contributed by atoms with Gasteiger partial charge in [-0.25, -0.2) is 4.98 Å². The Morgan fingerprint density at radius 3 is 2.46 bits per heavy atom. The molecule has 0 saturated heterocycles. The molecule has 1 atom stereocenters. The van der Waals surface area contributed by atoms with E-state index in [4.69, 9.17) is 32.4 Å². The number of hydrogen-bond donors (Lipinski definition) is 1. The molecule has 1 aromatic heterocycles. The molecule has 1 aliphatic rings. The second-order valence-electron chi connectivity index (χ2n) is 10.5. The van der Waals surface area contributed by atoms with Gasteiger partial charge in [-0.3, -0.25) is 0 Å². The summed E-state index contributed by atoms with van der Waals surface area (Å²) in [7, 11) is 4.30. The number of aromatic nitrogens is 1. The van der Waals surface area contributed by atoms with Gasteiger partial charge in [0.2, 0.25) is 5.89 Å². The lowest BCUT2D eigenvalue weighted by atomic mass is 9.73. The first-order chi connectivity index (χ1) is 17.3. The zero-order chi connectivity index (χ0) is 25.6. The molecule has 8 heteroatoms. The van der Waals surface area contributed by atoms with Crippen molar-refractivity contribution in [3.63, 3.8) is 0 Å². The fourth-order valence-corrected chi connectivity index (χ4v) is 5.42. The molecule has 4 rings (SSSR count). The maximum absolute atomic E-state index is 12.0. The van der Waals surface area contributed by atoms with Crippen molar-refractivity contribution in [2.24, 2.45) is 5.92 Å². The van der Waals surface area contributed by atoms with E-state index >= 15 is 0 Å². The SMILES string of the molecule is C[N+](C)(CCOCCc1ccc(Cl)c(Cl)c1)Cc1cnc([C@](O)(c2ccccc2)C2CCCCC2)o1.[Cl-]. The van der Waals surface area contributed by atoms with Gasteiger partial charge in [0.15, 0.2) is 11.4 Å². The molecular formula is C29H37Cl3N2O3. The topological polar surface area (TPSA) is 55.5 Å². The van der Waals surface area contributed by atoms with E-state index in [1.54, 1.807) is 6.20 Å². The normalized spacial score (nSPS) is 16.2. The lowest BCUT2D eigenvalue weighted by Gasteiger charge is -2.36. The van der Waals surface area contributed by atoms with Gasteiger partial charge in [-0.05, 0) is 42.5 Å². The molecule has 0 spiro atoms. The lowest BCUT2D eigenvalue weighted by Crippen LogP contribution is -3.00. The number of benzene rings is 2. The number of nitrogens with zero attached hydrogens (tertiary/aromatic N) is 2. The Morgan fingerprint density at radius 2 is 1.76 bits per heavy atom. The molecule has 0 amide bonds. The first-order valence-corrected chi connectivity index (χ1v) is 13.6. The van der Waals surface area contributed by atoms with E-state index in [-0.39, 0.29) is 18.3 Å². The summed E-state index contributed by atoms with van der Waals surface area (Å²) in [5.74, 6) is 1.29. The number of likely N-dealkylation sites (N-methyl/N-ethyl adjacent to an activating group) is 1. The predicted molar refractivity (Wildman–Crippen MR) is 144 cm³/mol. The van der Waals surface area contributed by atoms with Crippen LogP contribution in [0.2, 0.25) is 10.0 Å². The molecule has 1 N–H and O–H groups in total. The summed E-state index contributed by atoms with van der Waals surface area (Å²) >= 11 is 12.1. The summed E-state index contributed by atoms with van der Waals surface area (Å²) in [5, 5.41) is 13.2. The van der Waals surface area contributed by atoms with Gasteiger partial charge in [0.25, 0.3) is 0 Å². The van der Waals surface area contributed by atoms with Crippen LogP contribution >= 0.6 is 23.2 Å². The van der Waals surface area contributed by atoms with Gasteiger partial charge >= 0.3 is 0 Å². The summed E-state index contributed by atoms with van der Waals surface area (Å²) < 4.78 is 12.8. The van der Waals surface area contributed by atoms with Gasteiger partial charge in [-0.2, -0.15) is 0 Å². The molecule has 1 aliphatic carbocycles. The summed E-state index contributed by atoms with van der Waals surface area (Å²) in [6, 6.07) is 15.5. The van der Waals surface area contributed by atoms with Gasteiger partial charge in [0, 0.05) is 5.92 Å². The highest BCUT2D eigenvalue weighted by atomic mass is 35.5. The van der Waals surface area contributed by atoms with Gasteiger partial charge < -0.3 is 31.2 Å². The lowest BCUT2D eigenvalue weighted by molar-refractivity contribution is -0.904. The highest BCUT2D eigenvalue weighted by Gasteiger charge is 2.44. The molecule has 1 fully saturated rings. The third kappa shape index (κ3) is 7.72. The zero-order valence-corrected chi connectivity index (χ0v) is 23.9. The van der Waals surface area contributed by atoms with E-state index in [1.807, 2.05) is 48.5 Å². The predicted octanol–water partition coefficient (Wildman–Crippen LogP) is 3.64. The second-order valence-corrected chi connectivity index (χ2v) is 11.3. The van der Waals surface area contributed by atoms with Crippen molar-refractivity contribution in [1.29, 1.82) is 0 Å². The maximum atomic E-state index is 12.0. The quantitative estimate of drug-likeness (QED) is 0.284. The van der Waals surface area contributed by atoms with E-state index in [9.17, 15) is 5.11 Å². The second kappa shape index (κ2) is 13.5. The van der Waals surface area contributed by atoms with Crippen LogP contribution in [0.4, 0.5) is 0 Å². The van der Waals surface area contributed by atoms with Crippen LogP contribution in [0, 0.1) is 5.92 Å². The minimum absolute atomic E-state index is 0. The van der Waals surface area contributed by atoms with Crippen LogP contribution in [0.25, 0.3) is 0 Å². The fraction of sp³-hybridized carbons (Fsp3) is 0.483. The van der Waals surface area contributed by atoms with Crippen molar-refractivity contribution in [3.8, 4) is 0 Å². The number of quaternary nitrogens is 1. The van der Waals surface area contributed by atoms with Crippen molar-refractivity contribution in [2.75, 3.05) is 33.9 Å². The average Bonchev–Trinajstić information content (AvgIpc) is 3.34. The molecular weight excluding hydrogens is 531 g/mol. The third-order valence-electron chi connectivity index (χ3n) is 7.23. The Balaban J connectivity index is 0.00000380. The van der Waals surface area contributed by atoms with Crippen LogP contribution in [-0.4, -0.2) is 48.4 Å². The number of hydrogen-bond acceptors (Lipinski definition) is 4. The van der Waals surface area contributed by atoms with E-state index < -0.39 is 5.60 Å². The molecule has 2 aromatic carbocycles. The summed E-state index contributed by atoms with van der Waals surface area (Å²) in [5.41, 5.74) is 0.760. The summed E-state index contributed by atoms with van der Waals surface area (Å²) in [6.45, 7) is 2.74. The number of halogens is 3. The van der Waals surface area contributed by atoms with Gasteiger partial charge in [-0.15, -0.1) is 0 Å². The largest absolute Gasteiger partial charge is 1.00 e. The number of rotatable bonds is 11. The van der Waals surface area contributed by atoms with Crippen LogP contribution in [0.5, 0.6) is 0 Å². The fourth-order valence-electron chi connectivity index (χ4n) is 5.10. The highest BCUT2D eigenvalue weighted by molar-refractivity contribution is 6.42. The third-order valence-corrected chi connectivity index (χ3v) is 7.97. The maximum Gasteiger partial charge on any atom is 0.231 e. The first kappa shape index (κ1) is 29.9. The molecule has 37 heavy (non-hydrogen) atoms. The smallest absolute Gasteiger partial charge is 0.231 e. The molecule has 3 aromatic rings. The van der Waals surface area contributed by atoms with Gasteiger partial charge in [0.1, 0.15) is 13.1 Å². The minimum Gasteiger partial charge on any atom is -1.00 e. The standard InChI is InChI=1S/C29H37Cl2N2O3.ClH/c1-33(2,16-18-35-17-15-22-13-14-26(30)27(31)19-22)21-25-20-32-28(36-25)29(34,23-9-5-3-6-10-23)24-11-7-4-8-12-24;/h3,5-6,9-10,13-14,19-20,24,34H,4,7-8,11-12,15-18,21H2,1-2H3;1H/q+1;/p-1/t29-;/m0./s1. The molecule has 0 bridgehead atoms. The molecule has 0 aliphatic heterocycles. The van der Waals surface area contributed by atoms with Crippen molar-refractivity contribution in [3.05, 3.63) is 87.6 Å². The number of ether oxygens (including phenoxy) is 1. The highest BCUT2D eigenvalue weighted by Crippen LogP contribution is 2.43. The van der Waals surface area contributed by atoms with Crippen LogP contribution in [-0.2, 0) is 23.3 Å². The van der Waals surface area contributed by atoms with E-state index in [0.717, 1.165) is 55.5 Å². The Kier molecular flexibility index (Phi) is 10.9. The number of aliphatic hydroxyl groups is 1. The summed E-state index contributed by atoms with van der Waals surface area (Å²) in [6.07, 6.45) is 7.99. The average molecular weight is 568 g/mol. The number of oxazole rings is 1. The van der Waals surface area contributed by atoms with Crippen LogP contribution < -0.4 is 12.4 Å². The van der Waals surface area contributed by atoms with Crippen LogP contribution in [0.1, 0.15) is 54.9 Å². The Morgan fingerprint density at radius 1 is 1.03 bits per heavy atom. The van der Waals surface area contributed by atoms with Crippen LogP contribution in [0.3, 0.4) is 0 Å². The molecule has 1 saturated carbocycles. The van der Waals surface area contributed by atoms with E-state index in [0.29, 0.717) is 40.2 Å². The van der Waals surface area contributed by atoms with Crippen molar-refractivity contribution in [2.45, 2.75) is 50.7 Å². The van der Waals surface area contributed by atoms with Crippen LogP contribution in [0.15, 0.2) is 59.1 Å².